The molecule has 0 radical (unpaired) electrons. The number of hydrogen-bond acceptors (Lipinski definition) is 6. The van der Waals surface area contributed by atoms with Gasteiger partial charge < -0.3 is 14.8 Å². The Hall–Kier alpha value is -3.52. The van der Waals surface area contributed by atoms with E-state index in [2.05, 4.69) is 15.4 Å². The maximum atomic E-state index is 13.0. The van der Waals surface area contributed by atoms with Crippen LogP contribution in [0.5, 0.6) is 0 Å². The first-order valence-corrected chi connectivity index (χ1v) is 9.40. The Labute approximate surface area is 167 Å². The van der Waals surface area contributed by atoms with Gasteiger partial charge in [-0.2, -0.15) is 5.10 Å². The molecule has 0 aromatic carbocycles. The van der Waals surface area contributed by atoms with Gasteiger partial charge in [0.25, 0.3) is 5.91 Å². The standard InChI is InChI=1S/C21H21N5O3/c1-2-15(13-27)24-21(28)17-9-19(14-5-3-7-22-10-14)25-20-18(17)11-23-26(20)12-16-6-4-8-29-16/h3-11,15,27H,2,12-13H2,1H3,(H,24,28). The van der Waals surface area contributed by atoms with Crippen molar-refractivity contribution in [3.05, 3.63) is 66.5 Å². The fourth-order valence-electron chi connectivity index (χ4n) is 3.10. The van der Waals surface area contributed by atoms with Gasteiger partial charge in [-0.15, -0.1) is 0 Å². The van der Waals surface area contributed by atoms with Crippen molar-refractivity contribution in [1.82, 2.24) is 25.1 Å². The third kappa shape index (κ3) is 3.88. The van der Waals surface area contributed by atoms with Crippen LogP contribution in [0.3, 0.4) is 0 Å². The molecule has 148 valence electrons. The monoisotopic (exact) mass is 391 g/mol. The molecule has 8 heteroatoms. The van der Waals surface area contributed by atoms with E-state index in [1.807, 2.05) is 31.2 Å². The second-order valence-corrected chi connectivity index (χ2v) is 6.68. The van der Waals surface area contributed by atoms with Gasteiger partial charge in [-0.3, -0.25) is 9.78 Å². The lowest BCUT2D eigenvalue weighted by molar-refractivity contribution is 0.0916. The largest absolute Gasteiger partial charge is 0.467 e. The molecule has 4 rings (SSSR count). The van der Waals surface area contributed by atoms with Crippen LogP contribution in [0.1, 0.15) is 29.5 Å². The smallest absolute Gasteiger partial charge is 0.252 e. The second kappa shape index (κ2) is 8.24. The summed E-state index contributed by atoms with van der Waals surface area (Å²) in [6.07, 6.45) is 7.25. The lowest BCUT2D eigenvalue weighted by Crippen LogP contribution is -2.37. The highest BCUT2D eigenvalue weighted by molar-refractivity contribution is 6.06. The first kappa shape index (κ1) is 18.8. The number of furan rings is 1. The summed E-state index contributed by atoms with van der Waals surface area (Å²) >= 11 is 0. The van der Waals surface area contributed by atoms with E-state index in [1.54, 1.807) is 35.6 Å². The molecule has 0 saturated heterocycles. The van der Waals surface area contributed by atoms with Crippen LogP contribution in [0.15, 0.2) is 59.6 Å². The SMILES string of the molecule is CCC(CO)NC(=O)c1cc(-c2cccnc2)nc2c1cnn2Cc1ccco1. The molecule has 8 nitrogen and oxygen atoms in total. The summed E-state index contributed by atoms with van der Waals surface area (Å²) < 4.78 is 7.13. The zero-order valence-corrected chi connectivity index (χ0v) is 15.9. The van der Waals surface area contributed by atoms with Crippen LogP contribution in [-0.4, -0.2) is 43.4 Å². The van der Waals surface area contributed by atoms with E-state index in [4.69, 9.17) is 9.40 Å². The minimum Gasteiger partial charge on any atom is -0.467 e. The van der Waals surface area contributed by atoms with Crippen molar-refractivity contribution in [3.63, 3.8) is 0 Å². The quantitative estimate of drug-likeness (QED) is 0.502. The average Bonchev–Trinajstić information content (AvgIpc) is 3.42. The summed E-state index contributed by atoms with van der Waals surface area (Å²) in [7, 11) is 0. The van der Waals surface area contributed by atoms with Crippen molar-refractivity contribution in [2.45, 2.75) is 25.9 Å². The summed E-state index contributed by atoms with van der Waals surface area (Å²) in [5, 5.41) is 17.4. The number of aliphatic hydroxyl groups excluding tert-OH is 1. The predicted molar refractivity (Wildman–Crippen MR) is 107 cm³/mol. The predicted octanol–water partition coefficient (Wildman–Crippen LogP) is 2.64. The van der Waals surface area contributed by atoms with Crippen molar-refractivity contribution in [1.29, 1.82) is 0 Å². The maximum Gasteiger partial charge on any atom is 0.252 e. The van der Waals surface area contributed by atoms with Gasteiger partial charge in [-0.05, 0) is 36.8 Å². The van der Waals surface area contributed by atoms with Crippen molar-refractivity contribution in [2.75, 3.05) is 6.61 Å². The number of fused-ring (bicyclic) bond motifs is 1. The van der Waals surface area contributed by atoms with Crippen LogP contribution < -0.4 is 5.32 Å². The molecule has 1 atom stereocenters. The molecule has 1 amide bonds. The zero-order chi connectivity index (χ0) is 20.2. The molecule has 0 spiro atoms. The zero-order valence-electron chi connectivity index (χ0n) is 15.9. The Morgan fingerprint density at radius 3 is 2.90 bits per heavy atom. The number of pyridine rings is 2. The Bertz CT molecular complexity index is 1100. The summed E-state index contributed by atoms with van der Waals surface area (Å²) in [5.41, 5.74) is 2.44. The minimum atomic E-state index is -0.314. The molecule has 0 aliphatic rings. The Balaban J connectivity index is 1.82. The first-order chi connectivity index (χ1) is 14.2. The van der Waals surface area contributed by atoms with Crippen LogP contribution in [0, 0.1) is 0 Å². The van der Waals surface area contributed by atoms with Crippen molar-refractivity contribution in [2.24, 2.45) is 0 Å². The number of aromatic nitrogens is 4. The van der Waals surface area contributed by atoms with Crippen LogP contribution in [-0.2, 0) is 6.54 Å². The Morgan fingerprint density at radius 2 is 2.21 bits per heavy atom. The van der Waals surface area contributed by atoms with E-state index in [0.717, 1.165) is 11.3 Å². The lowest BCUT2D eigenvalue weighted by atomic mass is 10.1. The van der Waals surface area contributed by atoms with Gasteiger partial charge >= 0.3 is 0 Å². The summed E-state index contributed by atoms with van der Waals surface area (Å²) in [5.74, 6) is 0.460. The molecule has 2 N–H and O–H groups in total. The molecule has 0 saturated carbocycles. The number of carbonyl (C=O) groups is 1. The van der Waals surface area contributed by atoms with Gasteiger partial charge in [-0.25, -0.2) is 9.67 Å². The summed E-state index contributed by atoms with van der Waals surface area (Å²) in [6.45, 7) is 2.19. The number of nitrogens with zero attached hydrogens (tertiary/aromatic N) is 4. The molecule has 0 fully saturated rings. The Morgan fingerprint density at radius 1 is 1.31 bits per heavy atom. The normalized spacial score (nSPS) is 12.2. The third-order valence-electron chi connectivity index (χ3n) is 4.75. The van der Waals surface area contributed by atoms with Crippen LogP contribution >= 0.6 is 0 Å². The van der Waals surface area contributed by atoms with Crippen molar-refractivity contribution >= 4 is 16.9 Å². The van der Waals surface area contributed by atoms with E-state index in [-0.39, 0.29) is 18.6 Å². The second-order valence-electron chi connectivity index (χ2n) is 6.68. The highest BCUT2D eigenvalue weighted by Crippen LogP contribution is 2.25. The van der Waals surface area contributed by atoms with Gasteiger partial charge in [0.1, 0.15) is 12.3 Å². The van der Waals surface area contributed by atoms with Crippen LogP contribution in [0.4, 0.5) is 0 Å². The lowest BCUT2D eigenvalue weighted by Gasteiger charge is -2.15. The first-order valence-electron chi connectivity index (χ1n) is 9.40. The number of aliphatic hydroxyl groups is 1. The molecular weight excluding hydrogens is 370 g/mol. The molecule has 0 aliphatic carbocycles. The fourth-order valence-corrected chi connectivity index (χ4v) is 3.10. The summed E-state index contributed by atoms with van der Waals surface area (Å²) in [4.78, 5) is 21.9. The van der Waals surface area contributed by atoms with Gasteiger partial charge in [0, 0.05) is 18.0 Å². The van der Waals surface area contributed by atoms with E-state index in [1.165, 1.54) is 0 Å². The highest BCUT2D eigenvalue weighted by Gasteiger charge is 2.20. The topological polar surface area (TPSA) is 106 Å². The van der Waals surface area contributed by atoms with E-state index in [9.17, 15) is 9.90 Å². The molecule has 1 unspecified atom stereocenters. The fraction of sp³-hybridized carbons (Fsp3) is 0.238. The van der Waals surface area contributed by atoms with Gasteiger partial charge in [0.15, 0.2) is 5.65 Å². The van der Waals surface area contributed by atoms with E-state index in [0.29, 0.717) is 35.3 Å². The van der Waals surface area contributed by atoms with Gasteiger partial charge in [0.05, 0.1) is 41.8 Å². The van der Waals surface area contributed by atoms with Crippen molar-refractivity contribution in [3.8, 4) is 11.3 Å². The highest BCUT2D eigenvalue weighted by atomic mass is 16.3. The molecule has 0 aliphatic heterocycles. The number of rotatable bonds is 7. The van der Waals surface area contributed by atoms with E-state index >= 15 is 0 Å². The summed E-state index contributed by atoms with van der Waals surface area (Å²) in [6, 6.07) is 8.80. The molecule has 29 heavy (non-hydrogen) atoms. The molecule has 4 heterocycles. The Kier molecular flexibility index (Phi) is 5.35. The third-order valence-corrected chi connectivity index (χ3v) is 4.75. The van der Waals surface area contributed by atoms with Crippen LogP contribution in [0.2, 0.25) is 0 Å². The number of nitrogens with one attached hydrogen (secondary N) is 1. The molecular formula is C21H21N5O3. The van der Waals surface area contributed by atoms with Gasteiger partial charge in [0.2, 0.25) is 0 Å². The number of amides is 1. The van der Waals surface area contributed by atoms with Crippen LogP contribution in [0.25, 0.3) is 22.3 Å². The van der Waals surface area contributed by atoms with Gasteiger partial charge in [-0.1, -0.05) is 6.92 Å². The van der Waals surface area contributed by atoms with Crippen molar-refractivity contribution < 1.29 is 14.3 Å². The number of carbonyl (C=O) groups excluding carboxylic acids is 1. The van der Waals surface area contributed by atoms with E-state index < -0.39 is 0 Å². The average molecular weight is 391 g/mol. The number of hydrogen-bond donors (Lipinski definition) is 2. The molecule has 4 aromatic rings. The maximum absolute atomic E-state index is 13.0. The molecule has 4 aromatic heterocycles. The minimum absolute atomic E-state index is 0.121. The molecule has 0 bridgehead atoms.